The van der Waals surface area contributed by atoms with Crippen molar-refractivity contribution < 1.29 is 0 Å². The highest BCUT2D eigenvalue weighted by Crippen LogP contribution is 2.53. The van der Waals surface area contributed by atoms with Crippen LogP contribution in [-0.2, 0) is 10.8 Å². The van der Waals surface area contributed by atoms with Crippen LogP contribution >= 0.6 is 0 Å². The van der Waals surface area contributed by atoms with Gasteiger partial charge in [0.05, 0.1) is 11.0 Å². The van der Waals surface area contributed by atoms with Gasteiger partial charge in [0, 0.05) is 61.4 Å². The summed E-state index contributed by atoms with van der Waals surface area (Å²) >= 11 is 0. The highest BCUT2D eigenvalue weighted by molar-refractivity contribution is 6.12. The molecule has 91 heavy (non-hydrogen) atoms. The number of hydrogen-bond donors (Lipinski definition) is 0. The van der Waals surface area contributed by atoms with E-state index in [0.717, 1.165) is 78.7 Å². The van der Waals surface area contributed by atoms with Crippen molar-refractivity contribution in [3.63, 3.8) is 0 Å². The standard InChI is InChI=1S/C86H65N3.C2H6/c1-6-57-25-37-70(38-26-57)89-83-51-35-64(62-31-43-68(44-32-62)87(66-39-27-60(28-40-66)58-17-9-7-10-18-58)71-47-49-75-73-21-13-15-23-79(73)85(2,3)81(75)55-71)53-77(83)78-54-65(36-52-84(78)89)63-33-45-69(46-34-63)88(67-41-29-61(30-42-67)59-19-11-8-12-20-59)72-48-50-76-74-22-14-16-24-80(74)86(4,5)82(76)56-72;1-2/h6-56H,1H2,2-5H3;1-2H3. The molecule has 2 aliphatic rings. The van der Waals surface area contributed by atoms with Gasteiger partial charge in [-0.2, -0.15) is 0 Å². The summed E-state index contributed by atoms with van der Waals surface area (Å²) in [6.45, 7) is 17.5. The molecule has 2 aliphatic carbocycles. The number of nitrogens with zero attached hydrogens (tertiary/aromatic N) is 3. The van der Waals surface area contributed by atoms with Gasteiger partial charge in [-0.3, -0.25) is 0 Å². The fourth-order valence-corrected chi connectivity index (χ4v) is 14.5. The molecule has 0 aliphatic heterocycles. The van der Waals surface area contributed by atoms with Gasteiger partial charge in [-0.15, -0.1) is 0 Å². The van der Waals surface area contributed by atoms with Crippen molar-refractivity contribution in [3.05, 3.63) is 338 Å². The Morgan fingerprint density at radius 1 is 0.286 bits per heavy atom. The van der Waals surface area contributed by atoms with Gasteiger partial charge in [-0.1, -0.05) is 248 Å². The maximum atomic E-state index is 4.06. The molecule has 1 heterocycles. The minimum Gasteiger partial charge on any atom is -0.310 e. The van der Waals surface area contributed by atoms with E-state index < -0.39 is 0 Å². The van der Waals surface area contributed by atoms with E-state index in [9.17, 15) is 0 Å². The summed E-state index contributed by atoms with van der Waals surface area (Å²) in [5, 5.41) is 2.39. The smallest absolute Gasteiger partial charge is 0.0541 e. The first-order valence-corrected chi connectivity index (χ1v) is 32.0. The van der Waals surface area contributed by atoms with E-state index in [1.54, 1.807) is 0 Å². The molecule has 0 spiro atoms. The van der Waals surface area contributed by atoms with Crippen LogP contribution < -0.4 is 9.80 Å². The lowest BCUT2D eigenvalue weighted by atomic mass is 9.82. The predicted octanol–water partition coefficient (Wildman–Crippen LogP) is 24.7. The van der Waals surface area contributed by atoms with E-state index in [1.807, 2.05) is 19.9 Å². The largest absolute Gasteiger partial charge is 0.310 e. The highest BCUT2D eigenvalue weighted by Gasteiger charge is 2.37. The van der Waals surface area contributed by atoms with E-state index in [4.69, 9.17) is 0 Å². The van der Waals surface area contributed by atoms with Crippen molar-refractivity contribution in [2.75, 3.05) is 9.80 Å². The van der Waals surface area contributed by atoms with Crippen LogP contribution in [0, 0.1) is 0 Å². The summed E-state index contributed by atoms with van der Waals surface area (Å²) in [4.78, 5) is 4.82. The summed E-state index contributed by atoms with van der Waals surface area (Å²) in [7, 11) is 0. The third-order valence-corrected chi connectivity index (χ3v) is 19.2. The van der Waals surface area contributed by atoms with Crippen molar-refractivity contribution in [1.82, 2.24) is 4.57 Å². The van der Waals surface area contributed by atoms with E-state index in [0.29, 0.717) is 0 Å². The zero-order chi connectivity index (χ0) is 62.0. The van der Waals surface area contributed by atoms with Gasteiger partial charge in [0.2, 0.25) is 0 Å². The average molecular weight is 1170 g/mol. The minimum absolute atomic E-state index is 0.133. The van der Waals surface area contributed by atoms with Crippen LogP contribution in [-0.4, -0.2) is 4.57 Å². The van der Waals surface area contributed by atoms with Crippen LogP contribution in [0.5, 0.6) is 0 Å². The quantitative estimate of drug-likeness (QED) is 0.121. The Hall–Kier alpha value is -11.0. The molecule has 0 saturated carbocycles. The van der Waals surface area contributed by atoms with Gasteiger partial charge in [0.25, 0.3) is 0 Å². The third-order valence-electron chi connectivity index (χ3n) is 19.2. The van der Waals surface area contributed by atoms with Crippen LogP contribution in [0.3, 0.4) is 0 Å². The first-order chi connectivity index (χ1) is 44.6. The first kappa shape index (κ1) is 56.5. The zero-order valence-electron chi connectivity index (χ0n) is 52.5. The molecule has 16 rings (SSSR count). The summed E-state index contributed by atoms with van der Waals surface area (Å²) in [6.07, 6.45) is 1.91. The van der Waals surface area contributed by atoms with Crippen LogP contribution in [0.25, 0.3) is 100 Å². The lowest BCUT2D eigenvalue weighted by Gasteiger charge is -2.28. The molecule has 3 heteroatoms. The number of aromatic nitrogens is 1. The van der Waals surface area contributed by atoms with E-state index in [1.165, 1.54) is 77.5 Å². The van der Waals surface area contributed by atoms with E-state index >= 15 is 0 Å². The summed E-state index contributed by atoms with van der Waals surface area (Å²) in [5.74, 6) is 0. The topological polar surface area (TPSA) is 11.4 Å². The van der Waals surface area contributed by atoms with Gasteiger partial charge in [-0.25, -0.2) is 0 Å². The van der Waals surface area contributed by atoms with Crippen molar-refractivity contribution in [2.45, 2.75) is 52.4 Å². The molecule has 13 aromatic carbocycles. The SMILES string of the molecule is C=Cc1ccc(-n2c3ccc(-c4ccc(N(c5ccc(-c6ccccc6)cc5)c5ccc6c(c5)C(C)(C)c5ccccc5-6)cc4)cc3c3cc(-c4ccc(N(c5ccc(-c6ccccc6)cc5)c5ccc6c(c5)C(C)(C)c5ccccc5-6)cc4)ccc32)cc1.CC. The van der Waals surface area contributed by atoms with Crippen LogP contribution in [0.4, 0.5) is 34.1 Å². The fourth-order valence-electron chi connectivity index (χ4n) is 14.5. The van der Waals surface area contributed by atoms with Crippen LogP contribution in [0.15, 0.2) is 310 Å². The third kappa shape index (κ3) is 9.77. The summed E-state index contributed by atoms with van der Waals surface area (Å²) in [5.41, 5.74) is 31.0. The second-order valence-corrected chi connectivity index (χ2v) is 25.0. The number of rotatable bonds is 12. The maximum Gasteiger partial charge on any atom is 0.0541 e. The molecule has 0 amide bonds. The summed E-state index contributed by atoms with van der Waals surface area (Å²) < 4.78 is 2.41. The maximum absolute atomic E-state index is 4.06. The molecule has 0 fully saturated rings. The molecule has 0 atom stereocenters. The van der Waals surface area contributed by atoms with Gasteiger partial charge in [0.1, 0.15) is 0 Å². The van der Waals surface area contributed by atoms with Crippen molar-refractivity contribution in [2.24, 2.45) is 0 Å². The first-order valence-electron chi connectivity index (χ1n) is 32.0. The molecular weight excluding hydrogens is 1100 g/mol. The lowest BCUT2D eigenvalue weighted by Crippen LogP contribution is -2.16. The summed E-state index contributed by atoms with van der Waals surface area (Å²) in [6, 6.07) is 112. The van der Waals surface area contributed by atoms with Gasteiger partial charge >= 0.3 is 0 Å². The Morgan fingerprint density at radius 3 is 0.967 bits per heavy atom. The number of benzene rings is 13. The molecule has 0 radical (unpaired) electrons. The Bertz CT molecular complexity index is 4740. The zero-order valence-corrected chi connectivity index (χ0v) is 52.5. The van der Waals surface area contributed by atoms with Crippen LogP contribution in [0.2, 0.25) is 0 Å². The van der Waals surface area contributed by atoms with Crippen molar-refractivity contribution in [1.29, 1.82) is 0 Å². The molecule has 0 unspecified atom stereocenters. The predicted molar refractivity (Wildman–Crippen MR) is 388 cm³/mol. The molecule has 0 saturated heterocycles. The number of fused-ring (bicyclic) bond motifs is 9. The number of anilines is 6. The van der Waals surface area contributed by atoms with Gasteiger partial charge in [-0.05, 0) is 204 Å². The van der Waals surface area contributed by atoms with Crippen molar-refractivity contribution in [3.8, 4) is 72.4 Å². The fraction of sp³-hybridized carbons (Fsp3) is 0.0909. The lowest BCUT2D eigenvalue weighted by molar-refractivity contribution is 0.660. The molecular formula is C88H71N3. The molecule has 438 valence electrons. The monoisotopic (exact) mass is 1170 g/mol. The normalized spacial score (nSPS) is 12.9. The Kier molecular flexibility index (Phi) is 14.2. The Morgan fingerprint density at radius 2 is 0.593 bits per heavy atom. The average Bonchev–Trinajstić information content (AvgIpc) is 1.65. The molecule has 0 N–H and O–H groups in total. The van der Waals surface area contributed by atoms with Gasteiger partial charge in [0.15, 0.2) is 0 Å². The van der Waals surface area contributed by atoms with Crippen LogP contribution in [0.1, 0.15) is 69.4 Å². The molecule has 3 nitrogen and oxygen atoms in total. The van der Waals surface area contributed by atoms with Gasteiger partial charge < -0.3 is 14.4 Å². The van der Waals surface area contributed by atoms with E-state index in [2.05, 4.69) is 352 Å². The Balaban J connectivity index is 0.00000341. The second-order valence-electron chi connectivity index (χ2n) is 25.0. The highest BCUT2D eigenvalue weighted by atomic mass is 15.1. The Labute approximate surface area is 535 Å². The second kappa shape index (κ2) is 22.9. The molecule has 1 aromatic heterocycles. The van der Waals surface area contributed by atoms with Crippen molar-refractivity contribution >= 4 is 62.0 Å². The van der Waals surface area contributed by atoms with E-state index in [-0.39, 0.29) is 10.8 Å². The number of hydrogen-bond acceptors (Lipinski definition) is 2. The minimum atomic E-state index is -0.133. The molecule has 14 aromatic rings. The molecule has 0 bridgehead atoms.